The number of allylic oxidation sites excluding steroid dienone is 1. The van der Waals surface area contributed by atoms with Gasteiger partial charge in [-0.25, -0.2) is 0 Å². The van der Waals surface area contributed by atoms with Crippen LogP contribution in [0.2, 0.25) is 0 Å². The van der Waals surface area contributed by atoms with E-state index in [9.17, 15) is 10.0 Å². The van der Waals surface area contributed by atoms with Crippen molar-refractivity contribution < 1.29 is 10.0 Å². The van der Waals surface area contributed by atoms with E-state index >= 15 is 0 Å². The van der Waals surface area contributed by atoms with Crippen molar-refractivity contribution in [1.29, 1.82) is 0 Å². The highest BCUT2D eigenvalue weighted by Crippen LogP contribution is 2.39. The molecule has 0 aromatic carbocycles. The fraction of sp³-hybridized carbons (Fsp3) is 0.533. The maximum absolute atomic E-state index is 12.3. The van der Waals surface area contributed by atoms with E-state index in [0.29, 0.717) is 18.5 Å². The van der Waals surface area contributed by atoms with Gasteiger partial charge in [0, 0.05) is 24.5 Å². The van der Waals surface area contributed by atoms with E-state index in [4.69, 9.17) is 5.73 Å². The van der Waals surface area contributed by atoms with E-state index in [-0.39, 0.29) is 0 Å². The SMILES string of the molecule is CC1(C)C=C(CN2C=CCC(C(N)=O)=C2)C(C)(C)N1[O]. The average molecular weight is 276 g/mol. The maximum atomic E-state index is 12.3. The molecule has 2 heterocycles. The Morgan fingerprint density at radius 2 is 2.00 bits per heavy atom. The highest BCUT2D eigenvalue weighted by atomic mass is 16.5. The first-order valence-corrected chi connectivity index (χ1v) is 6.77. The van der Waals surface area contributed by atoms with E-state index < -0.39 is 17.0 Å². The molecule has 0 spiro atoms. The molecule has 1 radical (unpaired) electrons. The minimum atomic E-state index is -0.546. The van der Waals surface area contributed by atoms with Crippen molar-refractivity contribution in [2.24, 2.45) is 5.73 Å². The summed E-state index contributed by atoms with van der Waals surface area (Å²) in [7, 11) is 0. The van der Waals surface area contributed by atoms with Crippen molar-refractivity contribution in [2.45, 2.75) is 45.2 Å². The third kappa shape index (κ3) is 2.51. The topological polar surface area (TPSA) is 69.5 Å². The second-order valence-corrected chi connectivity index (χ2v) is 6.46. The van der Waals surface area contributed by atoms with E-state index in [2.05, 4.69) is 0 Å². The van der Waals surface area contributed by atoms with Gasteiger partial charge < -0.3 is 10.6 Å². The Labute approximate surface area is 120 Å². The first kappa shape index (κ1) is 14.8. The number of hydrogen-bond donors (Lipinski definition) is 1. The number of nitrogens with two attached hydrogens (primary N) is 1. The summed E-state index contributed by atoms with van der Waals surface area (Å²) in [5.74, 6) is -0.398. The molecule has 0 aromatic rings. The summed E-state index contributed by atoms with van der Waals surface area (Å²) in [4.78, 5) is 13.1. The third-order valence-corrected chi connectivity index (χ3v) is 3.97. The lowest BCUT2D eigenvalue weighted by Gasteiger charge is -2.35. The molecule has 2 rings (SSSR count). The molecule has 0 unspecified atom stereocenters. The standard InChI is InChI=1S/C15H22N3O2/c1-14(2)8-12(15(3,4)18(14)20)10-17-7-5-6-11(9-17)13(16)19/h5,7-9H,6,10H2,1-4H3,(H2,16,19). The number of hydrogen-bond acceptors (Lipinski definition) is 3. The lowest BCUT2D eigenvalue weighted by Crippen LogP contribution is -2.47. The largest absolute Gasteiger partial charge is 0.366 e. The van der Waals surface area contributed by atoms with Gasteiger partial charge in [-0.1, -0.05) is 12.2 Å². The summed E-state index contributed by atoms with van der Waals surface area (Å²) >= 11 is 0. The van der Waals surface area contributed by atoms with Gasteiger partial charge >= 0.3 is 0 Å². The fourth-order valence-electron chi connectivity index (χ4n) is 2.82. The second kappa shape index (κ2) is 4.75. The van der Waals surface area contributed by atoms with Crippen LogP contribution in [0.3, 0.4) is 0 Å². The van der Waals surface area contributed by atoms with Crippen molar-refractivity contribution in [3.8, 4) is 0 Å². The number of primary amides is 1. The first-order chi connectivity index (χ1) is 9.14. The first-order valence-electron chi connectivity index (χ1n) is 6.77. The van der Waals surface area contributed by atoms with Crippen LogP contribution in [0.25, 0.3) is 0 Å². The molecule has 2 N–H and O–H groups in total. The number of carbonyl (C=O) groups excluding carboxylic acids is 1. The quantitative estimate of drug-likeness (QED) is 0.798. The summed E-state index contributed by atoms with van der Waals surface area (Å²) in [5.41, 5.74) is 5.89. The predicted molar refractivity (Wildman–Crippen MR) is 76.5 cm³/mol. The molecular formula is C15H22N3O2. The zero-order chi connectivity index (χ0) is 15.1. The Hall–Kier alpha value is -1.59. The van der Waals surface area contributed by atoms with Gasteiger partial charge in [0.05, 0.1) is 11.1 Å². The summed E-state index contributed by atoms with van der Waals surface area (Å²) in [5, 5.41) is 13.4. The number of amides is 1. The highest BCUT2D eigenvalue weighted by Gasteiger charge is 2.46. The Balaban J connectivity index is 2.20. The minimum Gasteiger partial charge on any atom is -0.366 e. The molecule has 2 aliphatic rings. The van der Waals surface area contributed by atoms with Crippen molar-refractivity contribution in [3.05, 3.63) is 35.7 Å². The van der Waals surface area contributed by atoms with Crippen LogP contribution < -0.4 is 5.73 Å². The number of rotatable bonds is 3. The zero-order valence-corrected chi connectivity index (χ0v) is 12.5. The molecule has 0 saturated heterocycles. The second-order valence-electron chi connectivity index (χ2n) is 6.46. The summed E-state index contributed by atoms with van der Waals surface area (Å²) in [6, 6.07) is 0. The van der Waals surface area contributed by atoms with E-state index in [1.54, 1.807) is 6.20 Å². The van der Waals surface area contributed by atoms with Gasteiger partial charge in [-0.05, 0) is 39.7 Å². The molecule has 0 saturated carbocycles. The minimum absolute atomic E-state index is 0.398. The molecule has 109 valence electrons. The van der Waals surface area contributed by atoms with E-state index in [0.717, 1.165) is 10.6 Å². The summed E-state index contributed by atoms with van der Waals surface area (Å²) < 4.78 is 0. The Bertz CT molecular complexity index is 515. The van der Waals surface area contributed by atoms with Gasteiger partial charge in [0.25, 0.3) is 0 Å². The molecule has 0 atom stereocenters. The van der Waals surface area contributed by atoms with Crippen LogP contribution in [0.1, 0.15) is 34.1 Å². The van der Waals surface area contributed by atoms with Crippen LogP contribution in [0, 0.1) is 0 Å². The van der Waals surface area contributed by atoms with Crippen LogP contribution in [0.5, 0.6) is 0 Å². The maximum Gasteiger partial charge on any atom is 0.246 e. The van der Waals surface area contributed by atoms with Gasteiger partial charge in [-0.2, -0.15) is 0 Å². The molecule has 2 aliphatic heterocycles. The molecule has 20 heavy (non-hydrogen) atoms. The lowest BCUT2D eigenvalue weighted by atomic mass is 9.96. The Kier molecular flexibility index (Phi) is 3.52. The summed E-state index contributed by atoms with van der Waals surface area (Å²) in [6.07, 6.45) is 8.17. The molecule has 0 fully saturated rings. The normalized spacial score (nSPS) is 24.6. The van der Waals surface area contributed by atoms with E-state index in [1.807, 2.05) is 50.9 Å². The van der Waals surface area contributed by atoms with Crippen LogP contribution in [-0.4, -0.2) is 33.5 Å². The van der Waals surface area contributed by atoms with Crippen molar-refractivity contribution in [2.75, 3.05) is 6.54 Å². The monoisotopic (exact) mass is 276 g/mol. The summed E-state index contributed by atoms with van der Waals surface area (Å²) in [6.45, 7) is 8.25. The predicted octanol–water partition coefficient (Wildman–Crippen LogP) is 1.72. The Morgan fingerprint density at radius 1 is 1.35 bits per heavy atom. The van der Waals surface area contributed by atoms with E-state index in [1.165, 1.54) is 0 Å². The molecule has 5 nitrogen and oxygen atoms in total. The average Bonchev–Trinajstić information content (AvgIpc) is 2.50. The molecular weight excluding hydrogens is 254 g/mol. The van der Waals surface area contributed by atoms with Crippen LogP contribution in [0.15, 0.2) is 35.7 Å². The highest BCUT2D eigenvalue weighted by molar-refractivity contribution is 5.92. The molecule has 0 aromatic heterocycles. The van der Waals surface area contributed by atoms with Crippen LogP contribution in [-0.2, 0) is 10.0 Å². The van der Waals surface area contributed by atoms with Gasteiger partial charge in [0.2, 0.25) is 5.91 Å². The van der Waals surface area contributed by atoms with Crippen molar-refractivity contribution in [1.82, 2.24) is 9.96 Å². The molecule has 5 heteroatoms. The van der Waals surface area contributed by atoms with Crippen molar-refractivity contribution in [3.63, 3.8) is 0 Å². The molecule has 0 aliphatic carbocycles. The Morgan fingerprint density at radius 3 is 2.50 bits per heavy atom. The van der Waals surface area contributed by atoms with Crippen LogP contribution in [0.4, 0.5) is 0 Å². The third-order valence-electron chi connectivity index (χ3n) is 3.97. The number of carbonyl (C=O) groups is 1. The van der Waals surface area contributed by atoms with Crippen LogP contribution >= 0.6 is 0 Å². The fourth-order valence-corrected chi connectivity index (χ4v) is 2.82. The molecule has 1 amide bonds. The van der Waals surface area contributed by atoms with Gasteiger partial charge in [-0.3, -0.25) is 4.79 Å². The number of nitrogens with zero attached hydrogens (tertiary/aromatic N) is 2. The molecule has 0 bridgehead atoms. The van der Waals surface area contributed by atoms with Crippen molar-refractivity contribution >= 4 is 5.91 Å². The smallest absolute Gasteiger partial charge is 0.246 e. The zero-order valence-electron chi connectivity index (χ0n) is 12.5. The number of hydroxylamine groups is 2. The van der Waals surface area contributed by atoms with Gasteiger partial charge in [0.1, 0.15) is 0 Å². The lowest BCUT2D eigenvalue weighted by molar-refractivity contribution is -0.238. The van der Waals surface area contributed by atoms with Gasteiger partial charge in [0.15, 0.2) is 0 Å². The van der Waals surface area contributed by atoms with Gasteiger partial charge in [-0.15, -0.1) is 10.3 Å².